The van der Waals surface area contributed by atoms with Crippen molar-refractivity contribution in [2.75, 3.05) is 11.5 Å². The summed E-state index contributed by atoms with van der Waals surface area (Å²) in [7, 11) is 1.94. The normalized spacial score (nSPS) is 29.1. The molecule has 1 radical (unpaired) electrons. The van der Waals surface area contributed by atoms with Crippen LogP contribution in [0.25, 0.3) is 0 Å². The largest absolute Gasteiger partial charge is 0.356 e. The van der Waals surface area contributed by atoms with Crippen LogP contribution in [0.5, 0.6) is 0 Å². The summed E-state index contributed by atoms with van der Waals surface area (Å²) in [5.74, 6) is 0.296. The van der Waals surface area contributed by atoms with E-state index < -0.39 is 11.2 Å². The molecule has 1 aliphatic heterocycles. The Hall–Kier alpha value is -0.140. The highest BCUT2D eigenvalue weighted by molar-refractivity contribution is 14.1. The summed E-state index contributed by atoms with van der Waals surface area (Å²) in [4.78, 5) is 13.8. The maximum absolute atomic E-state index is 13.0. The molecule has 0 amide bonds. The second-order valence-electron chi connectivity index (χ2n) is 6.68. The van der Waals surface area contributed by atoms with E-state index in [-0.39, 0.29) is 11.7 Å². The molecular weight excluding hydrogens is 379 g/mol. The number of likely N-dealkylation sites (N-methyl/N-ethyl adjacent to an activating group) is 1. The quantitative estimate of drug-likeness (QED) is 0.382. The number of hydrogen-bond acceptors (Lipinski definition) is 3. The number of allylic oxidation sites excluding steroid dienone is 1. The SMILES string of the molecule is CCCCC(C)C1(C)N(C)/C(=C/C(=O)CI)C(C)(C)N1[O]. The van der Waals surface area contributed by atoms with E-state index in [1.165, 1.54) is 5.06 Å². The van der Waals surface area contributed by atoms with Gasteiger partial charge < -0.3 is 4.90 Å². The third-order valence-electron chi connectivity index (χ3n) is 4.94. The molecule has 1 aliphatic rings. The zero-order valence-electron chi connectivity index (χ0n) is 14.1. The maximum Gasteiger partial charge on any atom is 0.167 e. The molecular formula is C16H28IN2O2. The van der Waals surface area contributed by atoms with E-state index in [2.05, 4.69) is 36.4 Å². The first-order chi connectivity index (χ1) is 9.63. The Labute approximate surface area is 142 Å². The number of hydroxylamine groups is 2. The number of halogens is 1. The molecule has 0 aliphatic carbocycles. The molecule has 21 heavy (non-hydrogen) atoms. The number of alkyl halides is 1. The summed E-state index contributed by atoms with van der Waals surface area (Å²) >= 11 is 2.06. The number of rotatable bonds is 6. The fraction of sp³-hybridized carbons (Fsp3) is 0.812. The van der Waals surface area contributed by atoms with Gasteiger partial charge in [0, 0.05) is 18.8 Å². The minimum atomic E-state index is -0.675. The van der Waals surface area contributed by atoms with Gasteiger partial charge in [-0.25, -0.2) is 0 Å². The maximum atomic E-state index is 13.0. The molecule has 0 aromatic heterocycles. The van der Waals surface area contributed by atoms with E-state index >= 15 is 0 Å². The van der Waals surface area contributed by atoms with E-state index in [4.69, 9.17) is 0 Å². The van der Waals surface area contributed by atoms with Crippen LogP contribution in [0.3, 0.4) is 0 Å². The van der Waals surface area contributed by atoms with Gasteiger partial charge in [0.25, 0.3) is 0 Å². The Balaban J connectivity index is 3.20. The predicted molar refractivity (Wildman–Crippen MR) is 93.4 cm³/mol. The third-order valence-corrected chi connectivity index (χ3v) is 5.69. The van der Waals surface area contributed by atoms with Crippen molar-refractivity contribution < 1.29 is 10.0 Å². The van der Waals surface area contributed by atoms with Gasteiger partial charge in [0.05, 0.1) is 9.97 Å². The van der Waals surface area contributed by atoms with Gasteiger partial charge in [-0.2, -0.15) is 0 Å². The van der Waals surface area contributed by atoms with Crippen LogP contribution in [0, 0.1) is 5.92 Å². The summed E-state index contributed by atoms with van der Waals surface area (Å²) in [5, 5.41) is 14.2. The Morgan fingerprint density at radius 2 is 1.95 bits per heavy atom. The number of carbonyl (C=O) groups is 1. The molecule has 1 heterocycles. The summed E-state index contributed by atoms with van der Waals surface area (Å²) in [6, 6.07) is 0. The molecule has 5 heteroatoms. The Bertz CT molecular complexity index is 423. The van der Waals surface area contributed by atoms with E-state index in [0.717, 1.165) is 25.0 Å². The molecule has 0 N–H and O–H groups in total. The zero-order valence-corrected chi connectivity index (χ0v) is 16.2. The molecule has 0 aromatic rings. The lowest BCUT2D eigenvalue weighted by Crippen LogP contribution is -2.55. The highest BCUT2D eigenvalue weighted by Gasteiger charge is 2.57. The van der Waals surface area contributed by atoms with Gasteiger partial charge in [0.2, 0.25) is 0 Å². The Morgan fingerprint density at radius 3 is 2.43 bits per heavy atom. The number of hydrogen-bond donors (Lipinski definition) is 0. The Morgan fingerprint density at radius 1 is 1.38 bits per heavy atom. The lowest BCUT2D eigenvalue weighted by molar-refractivity contribution is -0.276. The minimum absolute atomic E-state index is 0.0596. The van der Waals surface area contributed by atoms with E-state index in [1.807, 2.05) is 32.7 Å². The number of carbonyl (C=O) groups excluding carboxylic acids is 1. The van der Waals surface area contributed by atoms with Crippen molar-refractivity contribution in [1.82, 2.24) is 9.96 Å². The lowest BCUT2D eigenvalue weighted by Gasteiger charge is -2.42. The average Bonchev–Trinajstić information content (AvgIpc) is 2.58. The van der Waals surface area contributed by atoms with Crippen molar-refractivity contribution in [3.05, 3.63) is 11.8 Å². The number of ketones is 1. The highest BCUT2D eigenvalue weighted by atomic mass is 127. The molecule has 121 valence electrons. The van der Waals surface area contributed by atoms with E-state index in [1.54, 1.807) is 6.08 Å². The van der Waals surface area contributed by atoms with E-state index in [0.29, 0.717) is 4.43 Å². The average molecular weight is 407 g/mol. The summed E-state index contributed by atoms with van der Waals surface area (Å²) < 4.78 is 0.437. The van der Waals surface area contributed by atoms with Crippen LogP contribution in [0.1, 0.15) is 53.9 Å². The predicted octanol–water partition coefficient (Wildman–Crippen LogP) is 3.79. The van der Waals surface area contributed by atoms with E-state index in [9.17, 15) is 10.0 Å². The van der Waals surface area contributed by atoms with Crippen LogP contribution >= 0.6 is 22.6 Å². The van der Waals surface area contributed by atoms with Crippen LogP contribution in [0.4, 0.5) is 0 Å². The first-order valence-electron chi connectivity index (χ1n) is 7.66. The minimum Gasteiger partial charge on any atom is -0.356 e. The van der Waals surface area contributed by atoms with Gasteiger partial charge in [-0.15, -0.1) is 10.3 Å². The summed E-state index contributed by atoms with van der Waals surface area (Å²) in [5.41, 5.74) is -0.452. The van der Waals surface area contributed by atoms with Crippen LogP contribution in [0.2, 0.25) is 0 Å². The molecule has 4 nitrogen and oxygen atoms in total. The number of nitrogens with zero attached hydrogens (tertiary/aromatic N) is 2. The molecule has 0 spiro atoms. The fourth-order valence-corrected chi connectivity index (χ4v) is 3.46. The van der Waals surface area contributed by atoms with Crippen molar-refractivity contribution in [2.45, 2.75) is 65.1 Å². The standard InChI is InChI=1S/C16H28IN2O2/c1-7-8-9-12(2)16(5)18(6)14(10-13(20)11-17)15(3,4)19(16)21/h10,12H,7-9,11H2,1-6H3/b14-10+. The first-order valence-corrected chi connectivity index (χ1v) is 9.18. The molecule has 0 saturated carbocycles. The van der Waals surface area contributed by atoms with Crippen molar-refractivity contribution in [1.29, 1.82) is 0 Å². The highest BCUT2D eigenvalue weighted by Crippen LogP contribution is 2.47. The number of unbranched alkanes of at least 4 members (excludes halogenated alkanes) is 1. The zero-order chi connectivity index (χ0) is 16.4. The van der Waals surface area contributed by atoms with Crippen LogP contribution < -0.4 is 0 Å². The van der Waals surface area contributed by atoms with Crippen molar-refractivity contribution in [3.63, 3.8) is 0 Å². The molecule has 1 fully saturated rings. The smallest absolute Gasteiger partial charge is 0.167 e. The Kier molecular flexibility index (Phi) is 6.27. The topological polar surface area (TPSA) is 43.5 Å². The van der Waals surface area contributed by atoms with Gasteiger partial charge >= 0.3 is 0 Å². The summed E-state index contributed by atoms with van der Waals surface area (Å²) in [6.07, 6.45) is 4.90. The molecule has 0 aromatic carbocycles. The van der Waals surface area contributed by atoms with Crippen molar-refractivity contribution >= 4 is 28.4 Å². The van der Waals surface area contributed by atoms with Gasteiger partial charge in [0.15, 0.2) is 5.78 Å². The van der Waals surface area contributed by atoms with Gasteiger partial charge in [-0.1, -0.05) is 49.3 Å². The molecule has 1 saturated heterocycles. The molecule has 2 atom stereocenters. The van der Waals surface area contributed by atoms with Crippen LogP contribution in [0.15, 0.2) is 11.8 Å². The molecule has 1 rings (SSSR count). The fourth-order valence-electron chi connectivity index (χ4n) is 3.24. The van der Waals surface area contributed by atoms with Gasteiger partial charge in [-0.3, -0.25) is 4.79 Å². The second kappa shape index (κ2) is 6.96. The lowest BCUT2D eigenvalue weighted by atomic mass is 9.90. The second-order valence-corrected chi connectivity index (χ2v) is 7.44. The van der Waals surface area contributed by atoms with Gasteiger partial charge in [-0.05, 0) is 33.1 Å². The molecule has 0 bridgehead atoms. The van der Waals surface area contributed by atoms with Crippen molar-refractivity contribution in [3.8, 4) is 0 Å². The monoisotopic (exact) mass is 407 g/mol. The third kappa shape index (κ3) is 3.29. The molecule has 2 unspecified atom stereocenters. The van der Waals surface area contributed by atoms with Crippen molar-refractivity contribution in [2.24, 2.45) is 5.92 Å². The summed E-state index contributed by atoms with van der Waals surface area (Å²) in [6.45, 7) is 10.1. The van der Waals surface area contributed by atoms with Crippen LogP contribution in [-0.4, -0.2) is 38.4 Å². The van der Waals surface area contributed by atoms with Crippen LogP contribution in [-0.2, 0) is 10.0 Å². The first kappa shape index (κ1) is 18.9. The van der Waals surface area contributed by atoms with Gasteiger partial charge in [0.1, 0.15) is 5.66 Å².